The summed E-state index contributed by atoms with van der Waals surface area (Å²) < 4.78 is 12.2. The summed E-state index contributed by atoms with van der Waals surface area (Å²) in [5, 5.41) is 0. The lowest BCUT2D eigenvalue weighted by Gasteiger charge is -2.16. The number of rotatable bonds is 4. The lowest BCUT2D eigenvalue weighted by atomic mass is 10.2. The Bertz CT molecular complexity index is 542. The molecule has 0 bridgehead atoms. The van der Waals surface area contributed by atoms with Crippen LogP contribution in [0.15, 0.2) is 17.1 Å². The van der Waals surface area contributed by atoms with Crippen LogP contribution in [0, 0.1) is 5.92 Å². The van der Waals surface area contributed by atoms with E-state index in [1.54, 1.807) is 26.1 Å². The van der Waals surface area contributed by atoms with Crippen molar-refractivity contribution in [3.05, 3.63) is 22.7 Å². The van der Waals surface area contributed by atoms with E-state index in [-0.39, 0.29) is 36.6 Å². The molecule has 0 amide bonds. The van der Waals surface area contributed by atoms with E-state index in [2.05, 4.69) is 4.98 Å². The first-order chi connectivity index (χ1) is 10.5. The summed E-state index contributed by atoms with van der Waals surface area (Å²) in [6, 6.07) is 1.55. The van der Waals surface area contributed by atoms with E-state index in [1.165, 1.54) is 4.57 Å². The molecular weight excluding hydrogens is 286 g/mol. The normalized spacial score (nSPS) is 20.4. The first-order valence-electron chi connectivity index (χ1n) is 7.64. The molecule has 2 unspecified atom stereocenters. The minimum absolute atomic E-state index is 0.156. The fourth-order valence-corrected chi connectivity index (χ4v) is 2.00. The maximum atomic E-state index is 11.7. The summed E-state index contributed by atoms with van der Waals surface area (Å²) in [6.45, 7) is 7.77. The maximum Gasteiger partial charge on any atom is 0.351 e. The number of nitrogens with zero attached hydrogens (tertiary/aromatic N) is 2. The molecule has 1 aromatic heterocycles. The molecule has 7 nitrogen and oxygen atoms in total. The van der Waals surface area contributed by atoms with Crippen LogP contribution in [-0.4, -0.2) is 28.2 Å². The molecule has 0 aliphatic carbocycles. The number of esters is 1. The Hall–Kier alpha value is -1.89. The number of hydrogen-bond donors (Lipinski definition) is 1. The minimum atomic E-state index is -0.435. The molecule has 2 atom stereocenters. The third-order valence-corrected chi connectivity index (χ3v) is 3.13. The smallest absolute Gasteiger partial charge is 0.351 e. The van der Waals surface area contributed by atoms with Gasteiger partial charge < -0.3 is 15.2 Å². The van der Waals surface area contributed by atoms with Crippen LogP contribution in [0.5, 0.6) is 0 Å². The molecule has 2 heterocycles. The van der Waals surface area contributed by atoms with Crippen LogP contribution in [0.4, 0.5) is 5.82 Å². The van der Waals surface area contributed by atoms with Gasteiger partial charge in [0.2, 0.25) is 0 Å². The highest BCUT2D eigenvalue weighted by Gasteiger charge is 2.28. The van der Waals surface area contributed by atoms with Crippen molar-refractivity contribution in [2.75, 3.05) is 12.3 Å². The second kappa shape index (κ2) is 8.53. The highest BCUT2D eigenvalue weighted by Crippen LogP contribution is 2.27. The van der Waals surface area contributed by atoms with Gasteiger partial charge in [-0.1, -0.05) is 27.7 Å². The molecule has 0 saturated carbocycles. The molecule has 1 aliphatic rings. The van der Waals surface area contributed by atoms with Crippen LogP contribution in [0.1, 0.15) is 46.8 Å². The predicted octanol–water partition coefficient (Wildman–Crippen LogP) is 1.73. The summed E-state index contributed by atoms with van der Waals surface area (Å²) in [6.07, 6.45) is 2.41. The molecule has 22 heavy (non-hydrogen) atoms. The Morgan fingerprint density at radius 2 is 2.18 bits per heavy atom. The Balaban J connectivity index is 0.00000116. The summed E-state index contributed by atoms with van der Waals surface area (Å²) in [5.74, 6) is -0.217. The van der Waals surface area contributed by atoms with Crippen LogP contribution in [-0.2, 0) is 14.3 Å². The van der Waals surface area contributed by atoms with Crippen LogP contribution in [0.2, 0.25) is 0 Å². The second-order valence-electron chi connectivity index (χ2n) is 5.12. The quantitative estimate of drug-likeness (QED) is 0.851. The van der Waals surface area contributed by atoms with Gasteiger partial charge in [0.05, 0.1) is 12.0 Å². The summed E-state index contributed by atoms with van der Waals surface area (Å²) in [5.41, 5.74) is 5.00. The van der Waals surface area contributed by atoms with Crippen molar-refractivity contribution in [2.24, 2.45) is 5.92 Å². The Kier molecular flexibility index (Phi) is 7.04. The number of anilines is 1. The van der Waals surface area contributed by atoms with Gasteiger partial charge in [0.15, 0.2) is 0 Å². The SMILES string of the molecule is CC.CC(C)C(=O)OCC1CCC(n2ccc(N)nc2=O)O1. The van der Waals surface area contributed by atoms with Gasteiger partial charge in [-0.05, 0) is 18.9 Å². The van der Waals surface area contributed by atoms with E-state index in [0.29, 0.717) is 6.42 Å². The van der Waals surface area contributed by atoms with Crippen LogP contribution in [0.3, 0.4) is 0 Å². The first kappa shape index (κ1) is 18.2. The largest absolute Gasteiger partial charge is 0.463 e. The predicted molar refractivity (Wildman–Crippen MR) is 83.2 cm³/mol. The Labute approximate surface area is 130 Å². The van der Waals surface area contributed by atoms with Crippen molar-refractivity contribution >= 4 is 11.8 Å². The fraction of sp³-hybridized carbons (Fsp3) is 0.667. The molecule has 1 aromatic rings. The number of carbonyl (C=O) groups is 1. The van der Waals surface area contributed by atoms with Gasteiger partial charge in [-0.3, -0.25) is 9.36 Å². The zero-order chi connectivity index (χ0) is 16.7. The summed E-state index contributed by atoms with van der Waals surface area (Å²) >= 11 is 0. The van der Waals surface area contributed by atoms with Crippen molar-refractivity contribution < 1.29 is 14.3 Å². The second-order valence-corrected chi connectivity index (χ2v) is 5.12. The summed E-state index contributed by atoms with van der Waals surface area (Å²) in [7, 11) is 0. The average molecular weight is 311 g/mol. The van der Waals surface area contributed by atoms with Crippen LogP contribution >= 0.6 is 0 Å². The molecule has 2 rings (SSSR count). The molecule has 7 heteroatoms. The standard InChI is InChI=1S/C13H19N3O4.C2H6/c1-8(2)12(17)19-7-9-3-4-11(20-9)16-6-5-10(14)15-13(16)18;1-2/h5-6,8-9,11H,3-4,7H2,1-2H3,(H2,14,15,18);1-2H3. The number of carbonyl (C=O) groups excluding carboxylic acids is 1. The molecule has 1 saturated heterocycles. The van der Waals surface area contributed by atoms with Gasteiger partial charge in [-0.2, -0.15) is 4.98 Å². The molecule has 1 fully saturated rings. The molecule has 2 N–H and O–H groups in total. The van der Waals surface area contributed by atoms with Gasteiger partial charge in [-0.25, -0.2) is 4.79 Å². The maximum absolute atomic E-state index is 11.7. The van der Waals surface area contributed by atoms with E-state index >= 15 is 0 Å². The molecule has 0 radical (unpaired) electrons. The third kappa shape index (κ3) is 4.84. The van der Waals surface area contributed by atoms with E-state index in [9.17, 15) is 9.59 Å². The minimum Gasteiger partial charge on any atom is -0.463 e. The zero-order valence-electron chi connectivity index (χ0n) is 13.6. The average Bonchev–Trinajstić information content (AvgIpc) is 2.95. The van der Waals surface area contributed by atoms with Gasteiger partial charge >= 0.3 is 11.7 Å². The van der Waals surface area contributed by atoms with Crippen LogP contribution < -0.4 is 11.4 Å². The topological polar surface area (TPSA) is 96.4 Å². The van der Waals surface area contributed by atoms with Crippen molar-refractivity contribution in [2.45, 2.75) is 52.9 Å². The van der Waals surface area contributed by atoms with Crippen molar-refractivity contribution in [3.8, 4) is 0 Å². The molecular formula is C15H25N3O4. The van der Waals surface area contributed by atoms with Crippen molar-refractivity contribution in [1.29, 1.82) is 0 Å². The van der Waals surface area contributed by atoms with Gasteiger partial charge in [-0.15, -0.1) is 0 Å². The monoisotopic (exact) mass is 311 g/mol. The number of hydrogen-bond acceptors (Lipinski definition) is 6. The molecule has 1 aliphatic heterocycles. The van der Waals surface area contributed by atoms with E-state index in [0.717, 1.165) is 6.42 Å². The number of ether oxygens (including phenoxy) is 2. The van der Waals surface area contributed by atoms with Gasteiger partial charge in [0.1, 0.15) is 18.7 Å². The van der Waals surface area contributed by atoms with Gasteiger partial charge in [0, 0.05) is 6.20 Å². The lowest BCUT2D eigenvalue weighted by Crippen LogP contribution is -2.28. The van der Waals surface area contributed by atoms with Gasteiger partial charge in [0.25, 0.3) is 0 Å². The van der Waals surface area contributed by atoms with Crippen LogP contribution in [0.25, 0.3) is 0 Å². The van der Waals surface area contributed by atoms with E-state index in [4.69, 9.17) is 15.2 Å². The Morgan fingerprint density at radius 1 is 1.50 bits per heavy atom. The molecule has 124 valence electrons. The number of nitrogens with two attached hydrogens (primary N) is 1. The van der Waals surface area contributed by atoms with Crippen molar-refractivity contribution in [3.63, 3.8) is 0 Å². The zero-order valence-corrected chi connectivity index (χ0v) is 13.6. The number of nitrogen functional groups attached to an aromatic ring is 1. The number of aromatic nitrogens is 2. The van der Waals surface area contributed by atoms with Crippen molar-refractivity contribution in [1.82, 2.24) is 9.55 Å². The molecule has 0 aromatic carbocycles. The van der Waals surface area contributed by atoms with E-state index < -0.39 is 5.69 Å². The highest BCUT2D eigenvalue weighted by molar-refractivity contribution is 5.71. The first-order valence-corrected chi connectivity index (χ1v) is 7.64. The Morgan fingerprint density at radius 3 is 2.77 bits per heavy atom. The highest BCUT2D eigenvalue weighted by atomic mass is 16.6. The lowest BCUT2D eigenvalue weighted by molar-refractivity contribution is -0.152. The third-order valence-electron chi connectivity index (χ3n) is 3.13. The molecule has 0 spiro atoms. The summed E-state index contributed by atoms with van der Waals surface area (Å²) in [4.78, 5) is 26.7. The fourth-order valence-electron chi connectivity index (χ4n) is 2.00. The van der Waals surface area contributed by atoms with E-state index in [1.807, 2.05) is 13.8 Å².